The molecule has 0 amide bonds. The highest BCUT2D eigenvalue weighted by Gasteiger charge is 2.24. The van der Waals surface area contributed by atoms with E-state index in [9.17, 15) is 0 Å². The van der Waals surface area contributed by atoms with Gasteiger partial charge in [-0.1, -0.05) is 51.7 Å². The van der Waals surface area contributed by atoms with Gasteiger partial charge in [-0.25, -0.2) is 0 Å². The second kappa shape index (κ2) is 13.4. The molecule has 1 heteroatoms. The molecule has 1 nitrogen and oxygen atoms in total. The Hall–Kier alpha value is -0.720. The van der Waals surface area contributed by atoms with Gasteiger partial charge in [0.2, 0.25) is 0 Å². The van der Waals surface area contributed by atoms with E-state index in [0.29, 0.717) is 6.10 Å². The molecule has 0 bridgehead atoms. The van der Waals surface area contributed by atoms with E-state index < -0.39 is 0 Å². The van der Waals surface area contributed by atoms with Gasteiger partial charge in [0.1, 0.15) is 0 Å². The number of unbranched alkanes of at least 4 members (excludes halogenated alkanes) is 3. The lowest BCUT2D eigenvalue weighted by Gasteiger charge is -2.31. The molecule has 0 aromatic rings. The first-order chi connectivity index (χ1) is 12.8. The molecule has 0 radical (unpaired) electrons. The molecule has 0 spiro atoms. The fourth-order valence-electron chi connectivity index (χ4n) is 4.71. The molecule has 2 fully saturated rings. The summed E-state index contributed by atoms with van der Waals surface area (Å²) >= 11 is 0. The Balaban J connectivity index is 1.52. The average Bonchev–Trinajstić information content (AvgIpc) is 2.68. The molecule has 0 saturated heterocycles. The van der Waals surface area contributed by atoms with Gasteiger partial charge in [0, 0.05) is 0 Å². The lowest BCUT2D eigenvalue weighted by Crippen LogP contribution is -2.21. The zero-order valence-corrected chi connectivity index (χ0v) is 17.6. The standard InChI is InChI=1S/C25H44O/c1-3-5-7-9-21-26-25-19-17-24(18-20-25)16-15-23-13-11-22(12-14-23)10-8-6-4-2/h8-10,21-25H,3-7,11-20H2,1-2H3/b10-8+,21-9+/t22-,23-,24-,25-. The molecule has 0 heterocycles. The first kappa shape index (κ1) is 21.6. The molecular formula is C25H44O. The highest BCUT2D eigenvalue weighted by molar-refractivity contribution is 4.91. The molecule has 0 aromatic heterocycles. The summed E-state index contributed by atoms with van der Waals surface area (Å²) in [6, 6.07) is 0. The summed E-state index contributed by atoms with van der Waals surface area (Å²) in [5, 5.41) is 0. The summed E-state index contributed by atoms with van der Waals surface area (Å²) < 4.78 is 5.94. The topological polar surface area (TPSA) is 9.23 Å². The van der Waals surface area contributed by atoms with Crippen molar-refractivity contribution in [2.75, 3.05) is 0 Å². The third-order valence-electron chi connectivity index (χ3n) is 6.62. The van der Waals surface area contributed by atoms with Crippen LogP contribution in [0.3, 0.4) is 0 Å². The zero-order valence-electron chi connectivity index (χ0n) is 17.6. The van der Waals surface area contributed by atoms with Crippen LogP contribution >= 0.6 is 0 Å². The molecule has 2 saturated carbocycles. The predicted molar refractivity (Wildman–Crippen MR) is 114 cm³/mol. The largest absolute Gasteiger partial charge is 0.498 e. The quantitative estimate of drug-likeness (QED) is 0.205. The maximum absolute atomic E-state index is 5.94. The zero-order chi connectivity index (χ0) is 18.5. The maximum Gasteiger partial charge on any atom is 0.0978 e. The van der Waals surface area contributed by atoms with Crippen molar-refractivity contribution in [1.82, 2.24) is 0 Å². The van der Waals surface area contributed by atoms with E-state index in [4.69, 9.17) is 4.74 Å². The van der Waals surface area contributed by atoms with E-state index in [1.165, 1.54) is 96.3 Å². The van der Waals surface area contributed by atoms with Crippen molar-refractivity contribution < 1.29 is 4.74 Å². The van der Waals surface area contributed by atoms with E-state index >= 15 is 0 Å². The van der Waals surface area contributed by atoms with Crippen molar-refractivity contribution in [3.8, 4) is 0 Å². The third-order valence-corrected chi connectivity index (χ3v) is 6.62. The van der Waals surface area contributed by atoms with Gasteiger partial charge in [0.25, 0.3) is 0 Å². The summed E-state index contributed by atoms with van der Waals surface area (Å²) in [4.78, 5) is 0. The molecule has 26 heavy (non-hydrogen) atoms. The van der Waals surface area contributed by atoms with Crippen LogP contribution in [-0.4, -0.2) is 6.10 Å². The van der Waals surface area contributed by atoms with Gasteiger partial charge in [0.05, 0.1) is 12.4 Å². The van der Waals surface area contributed by atoms with Crippen LogP contribution in [0.1, 0.15) is 110 Å². The maximum atomic E-state index is 5.94. The molecule has 2 rings (SSSR count). The van der Waals surface area contributed by atoms with Crippen molar-refractivity contribution in [1.29, 1.82) is 0 Å². The number of hydrogen-bond donors (Lipinski definition) is 0. The number of rotatable bonds is 11. The van der Waals surface area contributed by atoms with Crippen LogP contribution in [-0.2, 0) is 4.74 Å². The van der Waals surface area contributed by atoms with Gasteiger partial charge in [-0.3, -0.25) is 0 Å². The third kappa shape index (κ3) is 8.78. The normalized spacial score (nSPS) is 30.2. The summed E-state index contributed by atoms with van der Waals surface area (Å²) in [5.41, 5.74) is 0. The predicted octanol–water partition coefficient (Wildman–Crippen LogP) is 8.21. The lowest BCUT2D eigenvalue weighted by atomic mass is 9.77. The Morgan fingerprint density at radius 2 is 1.38 bits per heavy atom. The van der Waals surface area contributed by atoms with Gasteiger partial charge >= 0.3 is 0 Å². The van der Waals surface area contributed by atoms with Gasteiger partial charge in [-0.05, 0) is 94.5 Å². The van der Waals surface area contributed by atoms with Crippen LogP contribution in [0.25, 0.3) is 0 Å². The molecule has 0 N–H and O–H groups in total. The molecule has 0 unspecified atom stereocenters. The SMILES string of the molecule is CCC/C=C/[C@H]1CC[C@H](CC[C@H]2CC[C@H](O/C=C/CCCC)CC2)CC1. The van der Waals surface area contributed by atoms with E-state index in [1.54, 1.807) is 0 Å². The highest BCUT2D eigenvalue weighted by atomic mass is 16.5. The Labute approximate surface area is 163 Å². The van der Waals surface area contributed by atoms with E-state index in [-0.39, 0.29) is 0 Å². The van der Waals surface area contributed by atoms with Crippen LogP contribution in [0.2, 0.25) is 0 Å². The van der Waals surface area contributed by atoms with Crippen molar-refractivity contribution in [2.45, 2.75) is 116 Å². The van der Waals surface area contributed by atoms with E-state index in [1.807, 2.05) is 6.26 Å². The Bertz CT molecular complexity index is 381. The molecule has 0 aromatic carbocycles. The van der Waals surface area contributed by atoms with Crippen molar-refractivity contribution in [3.63, 3.8) is 0 Å². The molecule has 0 atom stereocenters. The van der Waals surface area contributed by atoms with Crippen LogP contribution in [0.15, 0.2) is 24.5 Å². The summed E-state index contributed by atoms with van der Waals surface area (Å²) in [6.07, 6.45) is 30.0. The van der Waals surface area contributed by atoms with Crippen molar-refractivity contribution >= 4 is 0 Å². The molecule has 2 aliphatic carbocycles. The lowest BCUT2D eigenvalue weighted by molar-refractivity contribution is 0.0838. The smallest absolute Gasteiger partial charge is 0.0978 e. The number of ether oxygens (including phenoxy) is 1. The van der Waals surface area contributed by atoms with Gasteiger partial charge in [-0.2, -0.15) is 0 Å². The van der Waals surface area contributed by atoms with Gasteiger partial charge in [0.15, 0.2) is 0 Å². The van der Waals surface area contributed by atoms with Crippen LogP contribution in [0.4, 0.5) is 0 Å². The minimum absolute atomic E-state index is 0.495. The summed E-state index contributed by atoms with van der Waals surface area (Å²) in [6.45, 7) is 4.51. The highest BCUT2D eigenvalue weighted by Crippen LogP contribution is 2.36. The fourth-order valence-corrected chi connectivity index (χ4v) is 4.71. The average molecular weight is 361 g/mol. The first-order valence-electron chi connectivity index (χ1n) is 11.8. The monoisotopic (exact) mass is 360 g/mol. The number of hydrogen-bond acceptors (Lipinski definition) is 1. The molecule has 2 aliphatic rings. The summed E-state index contributed by atoms with van der Waals surface area (Å²) in [5.74, 6) is 2.87. The second-order valence-corrected chi connectivity index (χ2v) is 8.87. The van der Waals surface area contributed by atoms with E-state index in [0.717, 1.165) is 17.8 Å². The molecule has 0 aliphatic heterocycles. The van der Waals surface area contributed by atoms with Crippen molar-refractivity contribution in [3.05, 3.63) is 24.5 Å². The molecular weight excluding hydrogens is 316 g/mol. The minimum Gasteiger partial charge on any atom is -0.498 e. The van der Waals surface area contributed by atoms with E-state index in [2.05, 4.69) is 32.1 Å². The van der Waals surface area contributed by atoms with Crippen LogP contribution < -0.4 is 0 Å². The number of allylic oxidation sites excluding steroid dienone is 3. The van der Waals surface area contributed by atoms with Gasteiger partial charge < -0.3 is 4.74 Å². The van der Waals surface area contributed by atoms with Crippen LogP contribution in [0.5, 0.6) is 0 Å². The Morgan fingerprint density at radius 1 is 0.731 bits per heavy atom. The van der Waals surface area contributed by atoms with Crippen molar-refractivity contribution in [2.24, 2.45) is 17.8 Å². The van der Waals surface area contributed by atoms with Gasteiger partial charge in [-0.15, -0.1) is 0 Å². The second-order valence-electron chi connectivity index (χ2n) is 8.87. The molecule has 150 valence electrons. The Morgan fingerprint density at radius 3 is 2.00 bits per heavy atom. The minimum atomic E-state index is 0.495. The van der Waals surface area contributed by atoms with Crippen LogP contribution in [0, 0.1) is 17.8 Å². The first-order valence-corrected chi connectivity index (χ1v) is 11.8. The summed E-state index contributed by atoms with van der Waals surface area (Å²) in [7, 11) is 0. The Kier molecular flexibility index (Phi) is 11.2. The fraction of sp³-hybridized carbons (Fsp3) is 0.840.